The van der Waals surface area contributed by atoms with Gasteiger partial charge >= 0.3 is 0 Å². The van der Waals surface area contributed by atoms with E-state index in [0.717, 1.165) is 5.57 Å². The predicted molar refractivity (Wildman–Crippen MR) is 49.5 cm³/mol. The topological polar surface area (TPSA) is 26.0 Å². The number of aromatic nitrogens is 1. The van der Waals surface area contributed by atoms with Crippen molar-refractivity contribution < 1.29 is 4.42 Å². The Hall–Kier alpha value is -1.57. The summed E-state index contributed by atoms with van der Waals surface area (Å²) in [7, 11) is 0. The van der Waals surface area contributed by atoms with Gasteiger partial charge in [-0.3, -0.25) is 0 Å². The van der Waals surface area contributed by atoms with E-state index in [-0.39, 0.29) is 0 Å². The summed E-state index contributed by atoms with van der Waals surface area (Å²) in [6.07, 6.45) is 10.6. The highest BCUT2D eigenvalue weighted by atomic mass is 16.3. The van der Waals surface area contributed by atoms with E-state index in [2.05, 4.69) is 11.6 Å². The van der Waals surface area contributed by atoms with Gasteiger partial charge in [0.1, 0.15) is 6.26 Å². The number of hydrogen-bond acceptors (Lipinski definition) is 2. The standard InChI is InChI=1S/C10H11NO/c1-3-5-9(6-4-2)10-11-7-8-12-10/h3-8H,1H2,2H3/b6-4-,9-5+. The van der Waals surface area contributed by atoms with Crippen molar-refractivity contribution in [2.75, 3.05) is 0 Å². The molecule has 1 rings (SSSR count). The summed E-state index contributed by atoms with van der Waals surface area (Å²) in [5.74, 6) is 0.619. The minimum Gasteiger partial charge on any atom is -0.445 e. The second-order valence-electron chi connectivity index (χ2n) is 2.19. The Labute approximate surface area is 71.9 Å². The van der Waals surface area contributed by atoms with Gasteiger partial charge < -0.3 is 4.42 Å². The summed E-state index contributed by atoms with van der Waals surface area (Å²) in [5, 5.41) is 0. The highest BCUT2D eigenvalue weighted by Crippen LogP contribution is 2.12. The monoisotopic (exact) mass is 161 g/mol. The molecule has 0 fully saturated rings. The molecule has 1 heterocycles. The molecular formula is C10H11NO. The smallest absolute Gasteiger partial charge is 0.225 e. The first-order valence-electron chi connectivity index (χ1n) is 3.73. The predicted octanol–water partition coefficient (Wildman–Crippen LogP) is 2.82. The van der Waals surface area contributed by atoms with Gasteiger partial charge in [-0.05, 0) is 6.92 Å². The Kier molecular flexibility index (Phi) is 3.08. The van der Waals surface area contributed by atoms with Crippen LogP contribution >= 0.6 is 0 Å². The van der Waals surface area contributed by atoms with E-state index in [9.17, 15) is 0 Å². The molecule has 0 amide bonds. The fourth-order valence-corrected chi connectivity index (χ4v) is 0.871. The third kappa shape index (κ3) is 1.95. The van der Waals surface area contributed by atoms with Gasteiger partial charge in [-0.15, -0.1) is 0 Å². The zero-order valence-corrected chi connectivity index (χ0v) is 7.03. The molecule has 2 nitrogen and oxygen atoms in total. The summed E-state index contributed by atoms with van der Waals surface area (Å²) < 4.78 is 5.12. The van der Waals surface area contributed by atoms with Crippen LogP contribution < -0.4 is 0 Å². The molecule has 1 aromatic rings. The highest BCUT2D eigenvalue weighted by molar-refractivity contribution is 5.69. The molecule has 1 aromatic heterocycles. The van der Waals surface area contributed by atoms with E-state index in [1.165, 1.54) is 0 Å². The number of oxazole rings is 1. The van der Waals surface area contributed by atoms with Crippen molar-refractivity contribution in [3.63, 3.8) is 0 Å². The van der Waals surface area contributed by atoms with Crippen molar-refractivity contribution in [3.8, 4) is 0 Å². The molecule has 0 saturated carbocycles. The molecule has 62 valence electrons. The van der Waals surface area contributed by atoms with Crippen LogP contribution in [-0.2, 0) is 0 Å². The van der Waals surface area contributed by atoms with Crippen LogP contribution in [0.4, 0.5) is 0 Å². The molecule has 0 atom stereocenters. The van der Waals surface area contributed by atoms with Gasteiger partial charge in [0.25, 0.3) is 0 Å². The van der Waals surface area contributed by atoms with Crippen molar-refractivity contribution in [1.29, 1.82) is 0 Å². The maximum absolute atomic E-state index is 5.12. The molecule has 0 aromatic carbocycles. The van der Waals surface area contributed by atoms with Crippen LogP contribution in [0.2, 0.25) is 0 Å². The Balaban J connectivity index is 2.95. The van der Waals surface area contributed by atoms with Gasteiger partial charge in [0.05, 0.1) is 6.20 Å². The molecule has 12 heavy (non-hydrogen) atoms. The van der Waals surface area contributed by atoms with Gasteiger partial charge in [0.15, 0.2) is 0 Å². The van der Waals surface area contributed by atoms with Crippen LogP contribution in [0, 0.1) is 0 Å². The Bertz CT molecular complexity index is 294. The van der Waals surface area contributed by atoms with Crippen molar-refractivity contribution in [2.45, 2.75) is 6.92 Å². The van der Waals surface area contributed by atoms with Crippen molar-refractivity contribution >= 4 is 5.57 Å². The minimum atomic E-state index is 0.619. The van der Waals surface area contributed by atoms with Crippen molar-refractivity contribution in [2.24, 2.45) is 0 Å². The minimum absolute atomic E-state index is 0.619. The number of hydrogen-bond donors (Lipinski definition) is 0. The molecular weight excluding hydrogens is 150 g/mol. The molecule has 0 bridgehead atoms. The molecule has 0 radical (unpaired) electrons. The molecule has 0 aliphatic heterocycles. The zero-order valence-electron chi connectivity index (χ0n) is 7.03. The molecule has 0 unspecified atom stereocenters. The lowest BCUT2D eigenvalue weighted by Gasteiger charge is -1.92. The first-order chi connectivity index (χ1) is 5.88. The molecule has 0 aliphatic carbocycles. The average Bonchev–Trinajstić information content (AvgIpc) is 2.56. The lowest BCUT2D eigenvalue weighted by Crippen LogP contribution is -1.78. The lowest BCUT2D eigenvalue weighted by atomic mass is 10.2. The normalized spacial score (nSPS) is 12.2. The van der Waals surface area contributed by atoms with Crippen LogP contribution in [0.3, 0.4) is 0 Å². The fourth-order valence-electron chi connectivity index (χ4n) is 0.871. The van der Waals surface area contributed by atoms with E-state index in [1.54, 1.807) is 18.5 Å². The van der Waals surface area contributed by atoms with Crippen molar-refractivity contribution in [1.82, 2.24) is 4.98 Å². The van der Waals surface area contributed by atoms with Gasteiger partial charge in [-0.1, -0.05) is 30.9 Å². The van der Waals surface area contributed by atoms with E-state index < -0.39 is 0 Å². The van der Waals surface area contributed by atoms with Crippen LogP contribution in [0.15, 0.2) is 47.8 Å². The van der Waals surface area contributed by atoms with Gasteiger partial charge in [-0.25, -0.2) is 4.98 Å². The number of nitrogens with zero attached hydrogens (tertiary/aromatic N) is 1. The summed E-state index contributed by atoms with van der Waals surface area (Å²) in [6.45, 7) is 5.56. The molecule has 0 saturated heterocycles. The summed E-state index contributed by atoms with van der Waals surface area (Å²) in [6, 6.07) is 0. The Morgan fingerprint density at radius 1 is 1.67 bits per heavy atom. The SMILES string of the molecule is C=C/C=C(\C=C/C)c1ncco1. The maximum atomic E-state index is 5.12. The molecule has 0 aliphatic rings. The van der Waals surface area contributed by atoms with E-state index >= 15 is 0 Å². The number of allylic oxidation sites excluding steroid dienone is 5. The Morgan fingerprint density at radius 2 is 2.50 bits per heavy atom. The summed E-state index contributed by atoms with van der Waals surface area (Å²) in [4.78, 5) is 4.02. The highest BCUT2D eigenvalue weighted by Gasteiger charge is 1.99. The van der Waals surface area contributed by atoms with E-state index in [4.69, 9.17) is 4.42 Å². The zero-order chi connectivity index (χ0) is 8.81. The molecule has 2 heteroatoms. The first kappa shape index (κ1) is 8.53. The van der Waals surface area contributed by atoms with Gasteiger partial charge in [-0.2, -0.15) is 0 Å². The van der Waals surface area contributed by atoms with Gasteiger partial charge in [0, 0.05) is 5.57 Å². The second-order valence-corrected chi connectivity index (χ2v) is 2.19. The van der Waals surface area contributed by atoms with Gasteiger partial charge in [0.2, 0.25) is 5.89 Å². The summed E-state index contributed by atoms with van der Waals surface area (Å²) in [5.41, 5.74) is 0.928. The van der Waals surface area contributed by atoms with Crippen LogP contribution in [0.1, 0.15) is 12.8 Å². The van der Waals surface area contributed by atoms with Crippen molar-refractivity contribution in [3.05, 3.63) is 49.2 Å². The first-order valence-corrected chi connectivity index (χ1v) is 3.73. The van der Waals surface area contributed by atoms with Crippen LogP contribution in [0.25, 0.3) is 5.57 Å². The fraction of sp³-hybridized carbons (Fsp3) is 0.100. The third-order valence-corrected chi connectivity index (χ3v) is 1.32. The second kappa shape index (κ2) is 4.34. The van der Waals surface area contributed by atoms with Crippen LogP contribution in [-0.4, -0.2) is 4.98 Å². The Morgan fingerprint density at radius 3 is 3.00 bits per heavy atom. The van der Waals surface area contributed by atoms with E-state index in [1.807, 2.05) is 25.2 Å². The molecule has 0 spiro atoms. The number of rotatable bonds is 3. The average molecular weight is 161 g/mol. The molecule has 0 N–H and O–H groups in total. The van der Waals surface area contributed by atoms with Crippen LogP contribution in [0.5, 0.6) is 0 Å². The third-order valence-electron chi connectivity index (χ3n) is 1.32. The lowest BCUT2D eigenvalue weighted by molar-refractivity contribution is 0.543. The summed E-state index contributed by atoms with van der Waals surface area (Å²) >= 11 is 0. The van der Waals surface area contributed by atoms with E-state index in [0.29, 0.717) is 5.89 Å². The quantitative estimate of drug-likeness (QED) is 0.637. The maximum Gasteiger partial charge on any atom is 0.225 e. The largest absolute Gasteiger partial charge is 0.445 e.